The molecule has 0 amide bonds. The van der Waals surface area contributed by atoms with E-state index in [0.29, 0.717) is 11.2 Å². The highest BCUT2D eigenvalue weighted by Gasteiger charge is 2.19. The molecule has 0 spiro atoms. The zero-order chi connectivity index (χ0) is 14.4. The third-order valence-electron chi connectivity index (χ3n) is 3.64. The average molecular weight is 292 g/mol. The lowest BCUT2D eigenvalue weighted by molar-refractivity contribution is 0.481. The van der Waals surface area contributed by atoms with E-state index in [1.165, 1.54) is 19.3 Å². The van der Waals surface area contributed by atoms with Crippen LogP contribution in [0.25, 0.3) is 0 Å². The van der Waals surface area contributed by atoms with Gasteiger partial charge in [0.05, 0.1) is 11.9 Å². The number of hydrogen-bond donors (Lipinski definition) is 2. The lowest BCUT2D eigenvalue weighted by Crippen LogP contribution is -2.37. The summed E-state index contributed by atoms with van der Waals surface area (Å²) in [5, 5.41) is 6.97. The molecule has 2 N–H and O–H groups in total. The van der Waals surface area contributed by atoms with E-state index in [2.05, 4.69) is 40.4 Å². The molecule has 5 heteroatoms. The fraction of sp³-hybridized carbons (Fsp3) is 0.600. The topological polar surface area (TPSA) is 40.2 Å². The molecule has 110 valence electrons. The maximum absolute atomic E-state index is 5.22. The monoisotopic (exact) mass is 292 g/mol. The van der Waals surface area contributed by atoms with Gasteiger partial charge in [-0.25, -0.2) is 4.98 Å². The maximum Gasteiger partial charge on any atom is 0.170 e. The van der Waals surface area contributed by atoms with Crippen molar-refractivity contribution in [2.45, 2.75) is 45.6 Å². The molecule has 1 saturated heterocycles. The Hall–Kier alpha value is -1.36. The summed E-state index contributed by atoms with van der Waals surface area (Å²) >= 11 is 5.22. The van der Waals surface area contributed by atoms with Gasteiger partial charge < -0.3 is 15.5 Å². The van der Waals surface area contributed by atoms with Gasteiger partial charge in [-0.05, 0) is 57.0 Å². The molecular formula is C15H24N4S. The molecule has 1 aliphatic rings. The second-order valence-corrected chi connectivity index (χ2v) is 5.73. The SMILES string of the molecule is CCCNC(=S)Nc1ccc(N2CCCC[C@@H]2C)nc1. The van der Waals surface area contributed by atoms with E-state index in [1.807, 2.05) is 12.3 Å². The number of nitrogens with zero attached hydrogens (tertiary/aromatic N) is 2. The van der Waals surface area contributed by atoms with E-state index in [-0.39, 0.29) is 0 Å². The van der Waals surface area contributed by atoms with Gasteiger partial charge in [-0.3, -0.25) is 0 Å². The predicted molar refractivity (Wildman–Crippen MR) is 89.4 cm³/mol. The van der Waals surface area contributed by atoms with E-state index >= 15 is 0 Å². The Morgan fingerprint density at radius 2 is 2.30 bits per heavy atom. The number of hydrogen-bond acceptors (Lipinski definition) is 3. The van der Waals surface area contributed by atoms with Crippen LogP contribution in [0.3, 0.4) is 0 Å². The molecule has 1 fully saturated rings. The van der Waals surface area contributed by atoms with Gasteiger partial charge in [0.25, 0.3) is 0 Å². The first kappa shape index (κ1) is 15.0. The van der Waals surface area contributed by atoms with Gasteiger partial charge in [0.2, 0.25) is 0 Å². The van der Waals surface area contributed by atoms with Crippen LogP contribution in [0.15, 0.2) is 18.3 Å². The summed E-state index contributed by atoms with van der Waals surface area (Å²) < 4.78 is 0. The molecular weight excluding hydrogens is 268 g/mol. The molecule has 1 aliphatic heterocycles. The van der Waals surface area contributed by atoms with E-state index in [1.54, 1.807) is 0 Å². The molecule has 1 atom stereocenters. The Bertz CT molecular complexity index is 432. The lowest BCUT2D eigenvalue weighted by atomic mass is 10.0. The third kappa shape index (κ3) is 4.07. The average Bonchev–Trinajstić information content (AvgIpc) is 2.47. The van der Waals surface area contributed by atoms with Gasteiger partial charge in [-0.15, -0.1) is 0 Å². The molecule has 1 aromatic heterocycles. The molecule has 20 heavy (non-hydrogen) atoms. The number of piperidine rings is 1. The fourth-order valence-electron chi connectivity index (χ4n) is 2.48. The van der Waals surface area contributed by atoms with Crippen molar-refractivity contribution in [3.05, 3.63) is 18.3 Å². The third-order valence-corrected chi connectivity index (χ3v) is 3.88. The summed E-state index contributed by atoms with van der Waals surface area (Å²) in [5.74, 6) is 1.06. The van der Waals surface area contributed by atoms with E-state index in [0.717, 1.165) is 31.0 Å². The van der Waals surface area contributed by atoms with Gasteiger partial charge in [0.15, 0.2) is 5.11 Å². The summed E-state index contributed by atoms with van der Waals surface area (Å²) in [7, 11) is 0. The molecule has 0 bridgehead atoms. The largest absolute Gasteiger partial charge is 0.362 e. The summed E-state index contributed by atoms with van der Waals surface area (Å²) in [6.45, 7) is 6.39. The molecule has 0 unspecified atom stereocenters. The highest BCUT2D eigenvalue weighted by atomic mass is 32.1. The van der Waals surface area contributed by atoms with Crippen molar-refractivity contribution < 1.29 is 0 Å². The van der Waals surface area contributed by atoms with Crippen LogP contribution in [0.5, 0.6) is 0 Å². The van der Waals surface area contributed by atoms with Crippen LogP contribution >= 0.6 is 12.2 Å². The van der Waals surface area contributed by atoms with Crippen LogP contribution in [-0.2, 0) is 0 Å². The van der Waals surface area contributed by atoms with Crippen molar-refractivity contribution in [3.63, 3.8) is 0 Å². The van der Waals surface area contributed by atoms with Gasteiger partial charge in [0.1, 0.15) is 5.82 Å². The van der Waals surface area contributed by atoms with Gasteiger partial charge in [-0.1, -0.05) is 6.92 Å². The quantitative estimate of drug-likeness (QED) is 0.834. The van der Waals surface area contributed by atoms with Crippen molar-refractivity contribution in [2.24, 2.45) is 0 Å². The van der Waals surface area contributed by atoms with Crippen molar-refractivity contribution in [3.8, 4) is 0 Å². The van der Waals surface area contributed by atoms with Crippen LogP contribution in [0, 0.1) is 0 Å². The normalized spacial score (nSPS) is 18.7. The predicted octanol–water partition coefficient (Wildman–Crippen LogP) is 3.16. The van der Waals surface area contributed by atoms with Crippen molar-refractivity contribution in [1.82, 2.24) is 10.3 Å². The van der Waals surface area contributed by atoms with E-state index < -0.39 is 0 Å². The number of anilines is 2. The van der Waals surface area contributed by atoms with Crippen LogP contribution in [0.4, 0.5) is 11.5 Å². The first-order valence-corrected chi connectivity index (χ1v) is 7.89. The number of pyridine rings is 1. The standard InChI is InChI=1S/C15H24N4S/c1-3-9-16-15(20)18-13-7-8-14(17-11-13)19-10-5-4-6-12(19)2/h7-8,11-12H,3-6,9-10H2,1-2H3,(H2,16,18,20)/t12-/m0/s1. The minimum atomic E-state index is 0.586. The Morgan fingerprint density at radius 1 is 1.45 bits per heavy atom. The second-order valence-electron chi connectivity index (χ2n) is 5.32. The number of nitrogens with one attached hydrogen (secondary N) is 2. The van der Waals surface area contributed by atoms with Gasteiger partial charge in [-0.2, -0.15) is 0 Å². The Kier molecular flexibility index (Phi) is 5.59. The first-order valence-electron chi connectivity index (χ1n) is 7.48. The highest BCUT2D eigenvalue weighted by Crippen LogP contribution is 2.23. The molecule has 2 rings (SSSR count). The minimum absolute atomic E-state index is 0.586. The molecule has 4 nitrogen and oxygen atoms in total. The van der Waals surface area contributed by atoms with Crippen molar-refractivity contribution in [1.29, 1.82) is 0 Å². The van der Waals surface area contributed by atoms with Crippen LogP contribution < -0.4 is 15.5 Å². The second kappa shape index (κ2) is 7.43. The maximum atomic E-state index is 5.22. The lowest BCUT2D eigenvalue weighted by Gasteiger charge is -2.34. The highest BCUT2D eigenvalue weighted by molar-refractivity contribution is 7.80. The Balaban J connectivity index is 1.93. The van der Waals surface area contributed by atoms with E-state index in [4.69, 9.17) is 12.2 Å². The van der Waals surface area contributed by atoms with Gasteiger partial charge in [0, 0.05) is 19.1 Å². The smallest absolute Gasteiger partial charge is 0.170 e. The molecule has 0 saturated carbocycles. The summed E-state index contributed by atoms with van der Waals surface area (Å²) in [6.07, 6.45) is 6.76. The molecule has 2 heterocycles. The molecule has 0 aliphatic carbocycles. The minimum Gasteiger partial charge on any atom is -0.362 e. The van der Waals surface area contributed by atoms with Crippen LogP contribution in [0.1, 0.15) is 39.5 Å². The zero-order valence-corrected chi connectivity index (χ0v) is 13.2. The Labute approximate surface area is 127 Å². The fourth-order valence-corrected chi connectivity index (χ4v) is 2.70. The van der Waals surface area contributed by atoms with Crippen LogP contribution in [0.2, 0.25) is 0 Å². The number of aromatic nitrogens is 1. The van der Waals surface area contributed by atoms with Crippen molar-refractivity contribution >= 4 is 28.8 Å². The summed E-state index contributed by atoms with van der Waals surface area (Å²) in [4.78, 5) is 6.95. The number of thiocarbonyl (C=S) groups is 1. The summed E-state index contributed by atoms with van der Waals surface area (Å²) in [6, 6.07) is 4.71. The van der Waals surface area contributed by atoms with Crippen LogP contribution in [-0.4, -0.2) is 29.2 Å². The molecule has 1 aromatic rings. The molecule has 0 radical (unpaired) electrons. The zero-order valence-electron chi connectivity index (χ0n) is 12.4. The molecule has 0 aromatic carbocycles. The van der Waals surface area contributed by atoms with E-state index in [9.17, 15) is 0 Å². The Morgan fingerprint density at radius 3 is 2.95 bits per heavy atom. The first-order chi connectivity index (χ1) is 9.70. The van der Waals surface area contributed by atoms with Gasteiger partial charge >= 0.3 is 0 Å². The van der Waals surface area contributed by atoms with Crippen molar-refractivity contribution in [2.75, 3.05) is 23.3 Å². The number of rotatable bonds is 4. The summed E-state index contributed by atoms with van der Waals surface area (Å²) in [5.41, 5.74) is 0.937.